The Bertz CT molecular complexity index is 1060. The summed E-state index contributed by atoms with van der Waals surface area (Å²) in [5.41, 5.74) is 2.13. The first kappa shape index (κ1) is 17.0. The third kappa shape index (κ3) is 3.57. The Morgan fingerprint density at radius 2 is 1.93 bits per heavy atom. The monoisotopic (exact) mass is 363 g/mol. The van der Waals surface area contributed by atoms with E-state index in [0.717, 1.165) is 12.2 Å². The molecule has 0 saturated heterocycles. The third-order valence-corrected chi connectivity index (χ3v) is 4.28. The van der Waals surface area contributed by atoms with Crippen LogP contribution in [0.1, 0.15) is 5.56 Å². The molecule has 7 heteroatoms. The van der Waals surface area contributed by atoms with Crippen LogP contribution in [-0.2, 0) is 6.42 Å². The van der Waals surface area contributed by atoms with Crippen molar-refractivity contribution in [2.45, 2.75) is 6.42 Å². The molecule has 0 fully saturated rings. The van der Waals surface area contributed by atoms with Crippen molar-refractivity contribution in [2.24, 2.45) is 0 Å². The van der Waals surface area contributed by atoms with E-state index in [1.807, 2.05) is 24.3 Å². The number of hydrogen-bond acceptors (Lipinski definition) is 5. The van der Waals surface area contributed by atoms with Crippen molar-refractivity contribution in [3.8, 4) is 17.0 Å². The van der Waals surface area contributed by atoms with Crippen molar-refractivity contribution in [3.05, 3.63) is 72.3 Å². The van der Waals surface area contributed by atoms with E-state index in [2.05, 4.69) is 20.4 Å². The third-order valence-electron chi connectivity index (χ3n) is 4.28. The van der Waals surface area contributed by atoms with Gasteiger partial charge in [0, 0.05) is 18.2 Å². The van der Waals surface area contributed by atoms with Gasteiger partial charge in [-0.05, 0) is 36.2 Å². The van der Waals surface area contributed by atoms with E-state index in [1.54, 1.807) is 35.9 Å². The first-order valence-electron chi connectivity index (χ1n) is 8.57. The lowest BCUT2D eigenvalue weighted by molar-refractivity contribution is 0.414. The molecule has 0 radical (unpaired) electrons. The molecule has 0 aliphatic heterocycles. The summed E-state index contributed by atoms with van der Waals surface area (Å²) in [6.07, 6.45) is 2.25. The van der Waals surface area contributed by atoms with Gasteiger partial charge in [-0.1, -0.05) is 24.3 Å². The summed E-state index contributed by atoms with van der Waals surface area (Å²) in [5.74, 6) is 1.64. The number of fused-ring (bicyclic) bond motifs is 1. The predicted molar refractivity (Wildman–Crippen MR) is 101 cm³/mol. The van der Waals surface area contributed by atoms with E-state index >= 15 is 0 Å². The van der Waals surface area contributed by atoms with Crippen LogP contribution in [-0.4, -0.2) is 33.2 Å². The zero-order chi connectivity index (χ0) is 18.6. The van der Waals surface area contributed by atoms with Crippen molar-refractivity contribution in [3.63, 3.8) is 0 Å². The van der Waals surface area contributed by atoms with Crippen LogP contribution in [0.15, 0.2) is 60.9 Å². The Labute approximate surface area is 155 Å². The predicted octanol–water partition coefficient (Wildman–Crippen LogP) is 3.59. The van der Waals surface area contributed by atoms with Gasteiger partial charge in [-0.15, -0.1) is 0 Å². The van der Waals surface area contributed by atoms with Crippen LogP contribution in [0.3, 0.4) is 0 Å². The molecule has 0 atom stereocenters. The largest absolute Gasteiger partial charge is 0.497 e. The number of methoxy groups -OCH3 is 1. The standard InChI is InChI=1S/C20H18FN5O/c1-27-15-8-6-14(7-9-15)10-11-22-19-12-18(16-4-2-3-5-17(16)21)25-20-23-13-24-26(19)20/h2-9,12-13,22H,10-11H2,1H3. The van der Waals surface area contributed by atoms with Crippen LogP contribution in [0.25, 0.3) is 17.0 Å². The molecule has 0 amide bonds. The molecule has 6 nitrogen and oxygen atoms in total. The molecule has 0 spiro atoms. The van der Waals surface area contributed by atoms with E-state index in [9.17, 15) is 4.39 Å². The minimum absolute atomic E-state index is 0.321. The van der Waals surface area contributed by atoms with Crippen molar-refractivity contribution >= 4 is 11.6 Å². The molecular weight excluding hydrogens is 345 g/mol. The number of rotatable bonds is 6. The molecule has 0 aliphatic rings. The van der Waals surface area contributed by atoms with Crippen LogP contribution in [0.5, 0.6) is 5.75 Å². The molecule has 4 rings (SSSR count). The quantitative estimate of drug-likeness (QED) is 0.567. The summed E-state index contributed by atoms with van der Waals surface area (Å²) < 4.78 is 20.9. The fraction of sp³-hybridized carbons (Fsp3) is 0.150. The SMILES string of the molecule is COc1ccc(CCNc2cc(-c3ccccc3F)nc3ncnn23)cc1. The Kier molecular flexibility index (Phi) is 4.65. The summed E-state index contributed by atoms with van der Waals surface area (Å²) >= 11 is 0. The van der Waals surface area contributed by atoms with E-state index in [1.165, 1.54) is 18.0 Å². The highest BCUT2D eigenvalue weighted by Gasteiger charge is 2.11. The van der Waals surface area contributed by atoms with Gasteiger partial charge in [0.1, 0.15) is 23.7 Å². The summed E-state index contributed by atoms with van der Waals surface area (Å²) in [7, 11) is 1.65. The van der Waals surface area contributed by atoms with E-state index < -0.39 is 0 Å². The molecule has 2 heterocycles. The van der Waals surface area contributed by atoms with Gasteiger partial charge in [0.25, 0.3) is 5.78 Å². The van der Waals surface area contributed by atoms with Gasteiger partial charge >= 0.3 is 0 Å². The summed E-state index contributed by atoms with van der Waals surface area (Å²) in [5, 5.41) is 7.54. The minimum Gasteiger partial charge on any atom is -0.497 e. The number of anilines is 1. The molecule has 0 aliphatic carbocycles. The maximum Gasteiger partial charge on any atom is 0.254 e. The van der Waals surface area contributed by atoms with Crippen molar-refractivity contribution in [1.82, 2.24) is 19.6 Å². The lowest BCUT2D eigenvalue weighted by Crippen LogP contribution is -2.10. The van der Waals surface area contributed by atoms with Crippen molar-refractivity contribution in [1.29, 1.82) is 0 Å². The molecule has 1 N–H and O–H groups in total. The molecule has 4 aromatic rings. The van der Waals surface area contributed by atoms with E-state index in [-0.39, 0.29) is 5.82 Å². The number of nitrogens with zero attached hydrogens (tertiary/aromatic N) is 4. The van der Waals surface area contributed by atoms with Crippen LogP contribution < -0.4 is 10.1 Å². The van der Waals surface area contributed by atoms with Gasteiger partial charge < -0.3 is 10.1 Å². The van der Waals surface area contributed by atoms with Crippen molar-refractivity contribution < 1.29 is 9.13 Å². The van der Waals surface area contributed by atoms with Gasteiger partial charge in [-0.2, -0.15) is 14.6 Å². The van der Waals surface area contributed by atoms with Crippen LogP contribution >= 0.6 is 0 Å². The second-order valence-electron chi connectivity index (χ2n) is 6.00. The zero-order valence-corrected chi connectivity index (χ0v) is 14.8. The smallest absolute Gasteiger partial charge is 0.254 e. The van der Waals surface area contributed by atoms with E-state index in [4.69, 9.17) is 4.74 Å². The molecular formula is C20H18FN5O. The normalized spacial score (nSPS) is 10.9. The highest BCUT2D eigenvalue weighted by atomic mass is 19.1. The molecule has 0 bridgehead atoms. The molecule has 27 heavy (non-hydrogen) atoms. The molecule has 0 unspecified atom stereocenters. The number of nitrogens with one attached hydrogen (secondary N) is 1. The molecule has 2 aromatic carbocycles. The zero-order valence-electron chi connectivity index (χ0n) is 14.8. The fourth-order valence-electron chi connectivity index (χ4n) is 2.87. The molecule has 2 aromatic heterocycles. The van der Waals surface area contributed by atoms with Gasteiger partial charge in [0.2, 0.25) is 0 Å². The van der Waals surface area contributed by atoms with Gasteiger partial charge in [0.15, 0.2) is 0 Å². The van der Waals surface area contributed by atoms with E-state index in [0.29, 0.717) is 29.4 Å². The second kappa shape index (κ2) is 7.41. The van der Waals surface area contributed by atoms with Crippen LogP contribution in [0.2, 0.25) is 0 Å². The molecule has 0 saturated carbocycles. The Morgan fingerprint density at radius 3 is 2.70 bits per heavy atom. The number of ether oxygens (including phenoxy) is 1. The molecule has 136 valence electrons. The first-order chi connectivity index (χ1) is 13.2. The summed E-state index contributed by atoms with van der Waals surface area (Å²) in [6, 6.07) is 16.3. The Balaban J connectivity index is 1.57. The maximum atomic E-state index is 14.2. The topological polar surface area (TPSA) is 64.3 Å². The highest BCUT2D eigenvalue weighted by molar-refractivity contribution is 5.65. The minimum atomic E-state index is -0.321. The summed E-state index contributed by atoms with van der Waals surface area (Å²) in [4.78, 5) is 8.55. The lowest BCUT2D eigenvalue weighted by atomic mass is 10.1. The van der Waals surface area contributed by atoms with Gasteiger partial charge in [-0.3, -0.25) is 0 Å². The number of hydrogen-bond donors (Lipinski definition) is 1. The average molecular weight is 363 g/mol. The Hall–Kier alpha value is -3.48. The first-order valence-corrected chi connectivity index (χ1v) is 8.57. The Morgan fingerprint density at radius 1 is 1.11 bits per heavy atom. The van der Waals surface area contributed by atoms with Gasteiger partial charge in [0.05, 0.1) is 12.8 Å². The average Bonchev–Trinajstić information content (AvgIpc) is 3.18. The van der Waals surface area contributed by atoms with Gasteiger partial charge in [-0.25, -0.2) is 9.37 Å². The number of halogens is 1. The number of aromatic nitrogens is 4. The van der Waals surface area contributed by atoms with Crippen molar-refractivity contribution in [2.75, 3.05) is 19.0 Å². The van der Waals surface area contributed by atoms with Crippen LogP contribution in [0.4, 0.5) is 10.2 Å². The maximum absolute atomic E-state index is 14.2. The fourth-order valence-corrected chi connectivity index (χ4v) is 2.87. The lowest BCUT2D eigenvalue weighted by Gasteiger charge is -2.11. The second-order valence-corrected chi connectivity index (χ2v) is 6.00. The summed E-state index contributed by atoms with van der Waals surface area (Å²) in [6.45, 7) is 0.683. The van der Waals surface area contributed by atoms with Crippen LogP contribution in [0, 0.1) is 5.82 Å². The highest BCUT2D eigenvalue weighted by Crippen LogP contribution is 2.24. The number of benzene rings is 2.